The highest BCUT2D eigenvalue weighted by molar-refractivity contribution is 5.62. The van der Waals surface area contributed by atoms with Gasteiger partial charge in [0.15, 0.2) is 6.20 Å². The van der Waals surface area contributed by atoms with E-state index >= 15 is 0 Å². The minimum Gasteiger partial charge on any atom is -0.201 e. The second kappa shape index (κ2) is 7.18. The Kier molecular flexibility index (Phi) is 5.28. The average molecular weight is 351 g/mol. The maximum atomic E-state index is 2.45. The first-order valence-corrected chi connectivity index (χ1v) is 10.4. The van der Waals surface area contributed by atoms with Crippen molar-refractivity contribution in [2.24, 2.45) is 7.05 Å². The van der Waals surface area contributed by atoms with Crippen LogP contribution in [0.25, 0.3) is 11.3 Å². The fourth-order valence-electron chi connectivity index (χ4n) is 4.44. The van der Waals surface area contributed by atoms with E-state index in [4.69, 9.17) is 0 Å². The molecule has 1 aliphatic rings. The van der Waals surface area contributed by atoms with E-state index in [1.165, 1.54) is 60.1 Å². The lowest BCUT2D eigenvalue weighted by Crippen LogP contribution is -2.35. The first-order valence-electron chi connectivity index (χ1n) is 10.4. The minimum absolute atomic E-state index is 0.241. The maximum absolute atomic E-state index is 2.45. The zero-order valence-corrected chi connectivity index (χ0v) is 17.7. The molecule has 1 saturated carbocycles. The summed E-state index contributed by atoms with van der Waals surface area (Å²) in [5.41, 5.74) is 7.58. The van der Waals surface area contributed by atoms with Gasteiger partial charge in [-0.3, -0.25) is 0 Å². The van der Waals surface area contributed by atoms with Gasteiger partial charge in [0.05, 0.1) is 0 Å². The van der Waals surface area contributed by atoms with Crippen molar-refractivity contribution in [3.8, 4) is 11.3 Å². The lowest BCUT2D eigenvalue weighted by Gasteiger charge is -2.33. The monoisotopic (exact) mass is 350 g/mol. The highest BCUT2D eigenvalue weighted by atomic mass is 14.9. The molecule has 1 fully saturated rings. The predicted octanol–water partition coefficient (Wildman–Crippen LogP) is 6.40. The van der Waals surface area contributed by atoms with Crippen LogP contribution < -0.4 is 4.57 Å². The molecule has 2 aromatic rings. The van der Waals surface area contributed by atoms with E-state index in [0.29, 0.717) is 5.41 Å². The number of hydrogen-bond donors (Lipinski definition) is 0. The third kappa shape index (κ3) is 3.59. The first kappa shape index (κ1) is 19.1. The average Bonchev–Trinajstić information content (AvgIpc) is 2.62. The summed E-state index contributed by atoms with van der Waals surface area (Å²) in [6.45, 7) is 11.6. The second-order valence-electron chi connectivity index (χ2n) is 9.30. The number of benzene rings is 1. The topological polar surface area (TPSA) is 3.88 Å². The Labute approximate surface area is 160 Å². The van der Waals surface area contributed by atoms with E-state index in [1.807, 2.05) is 0 Å². The number of hydrogen-bond acceptors (Lipinski definition) is 0. The van der Waals surface area contributed by atoms with Crippen LogP contribution in [0.5, 0.6) is 0 Å². The van der Waals surface area contributed by atoms with Crippen LogP contribution in [-0.4, -0.2) is 0 Å². The van der Waals surface area contributed by atoms with Crippen LogP contribution in [0, 0.1) is 6.92 Å². The van der Waals surface area contributed by atoms with E-state index in [1.54, 1.807) is 0 Å². The van der Waals surface area contributed by atoms with E-state index in [9.17, 15) is 0 Å². The van der Waals surface area contributed by atoms with E-state index < -0.39 is 0 Å². The molecule has 0 aliphatic heterocycles. The van der Waals surface area contributed by atoms with Crippen molar-refractivity contribution >= 4 is 0 Å². The van der Waals surface area contributed by atoms with Crippen molar-refractivity contribution in [2.45, 2.75) is 84.0 Å². The van der Waals surface area contributed by atoms with Crippen LogP contribution >= 0.6 is 0 Å². The van der Waals surface area contributed by atoms with Crippen molar-refractivity contribution in [1.82, 2.24) is 0 Å². The van der Waals surface area contributed by atoms with Gasteiger partial charge < -0.3 is 0 Å². The van der Waals surface area contributed by atoms with Crippen LogP contribution in [0.3, 0.4) is 0 Å². The highest BCUT2D eigenvalue weighted by Crippen LogP contribution is 2.39. The quantitative estimate of drug-likeness (QED) is 0.562. The van der Waals surface area contributed by atoms with Crippen molar-refractivity contribution < 1.29 is 4.57 Å². The summed E-state index contributed by atoms with van der Waals surface area (Å²) in [6.07, 6.45) is 10.3. The summed E-state index contributed by atoms with van der Waals surface area (Å²) in [5.74, 6) is 0. The summed E-state index contributed by atoms with van der Waals surface area (Å²) in [7, 11) is 2.20. The molecule has 0 atom stereocenters. The highest BCUT2D eigenvalue weighted by Gasteiger charge is 2.31. The molecule has 0 unspecified atom stereocenters. The Bertz CT molecular complexity index is 779. The first-order chi connectivity index (χ1) is 12.3. The maximum Gasteiger partial charge on any atom is 0.212 e. The Morgan fingerprint density at radius 2 is 1.73 bits per heavy atom. The summed E-state index contributed by atoms with van der Waals surface area (Å²) < 4.78 is 2.34. The normalized spacial score (nSPS) is 17.3. The van der Waals surface area contributed by atoms with Crippen LogP contribution in [0.1, 0.15) is 82.9 Å². The molecule has 1 aromatic carbocycles. The van der Waals surface area contributed by atoms with Gasteiger partial charge in [0, 0.05) is 17.2 Å². The summed E-state index contributed by atoms with van der Waals surface area (Å²) >= 11 is 0. The van der Waals surface area contributed by atoms with E-state index in [2.05, 4.69) is 82.8 Å². The molecule has 0 bridgehead atoms. The zero-order chi connectivity index (χ0) is 18.9. The van der Waals surface area contributed by atoms with Gasteiger partial charge in [-0.15, -0.1) is 0 Å². The van der Waals surface area contributed by atoms with Gasteiger partial charge in [0.1, 0.15) is 7.05 Å². The molecule has 1 nitrogen and oxygen atoms in total. The standard InChI is InChI=1S/C25H36N/c1-7-24(3,4)20-11-13-22(19(2)17-20)23-14-12-21(18-26(23)6)25(5)15-9-8-10-16-25/h11-14,17-18H,7-10,15-16H2,1-6H3/q+1. The van der Waals surface area contributed by atoms with Crippen molar-refractivity contribution in [3.05, 3.63) is 53.2 Å². The van der Waals surface area contributed by atoms with E-state index in [-0.39, 0.29) is 5.41 Å². The van der Waals surface area contributed by atoms with Gasteiger partial charge >= 0.3 is 0 Å². The fraction of sp³-hybridized carbons (Fsp3) is 0.560. The zero-order valence-electron chi connectivity index (χ0n) is 17.7. The Balaban J connectivity index is 1.95. The van der Waals surface area contributed by atoms with Crippen molar-refractivity contribution in [3.63, 3.8) is 0 Å². The van der Waals surface area contributed by atoms with Crippen molar-refractivity contribution in [1.29, 1.82) is 0 Å². The molecular weight excluding hydrogens is 314 g/mol. The third-order valence-corrected chi connectivity index (χ3v) is 6.96. The molecule has 0 radical (unpaired) electrons. The molecule has 0 spiro atoms. The molecule has 140 valence electrons. The lowest BCUT2D eigenvalue weighted by atomic mass is 9.71. The van der Waals surface area contributed by atoms with Crippen LogP contribution in [0.4, 0.5) is 0 Å². The van der Waals surface area contributed by atoms with Gasteiger partial charge in [-0.1, -0.05) is 59.1 Å². The molecule has 0 N–H and O–H groups in total. The molecule has 3 rings (SSSR count). The van der Waals surface area contributed by atoms with Gasteiger partial charge in [-0.05, 0) is 60.3 Å². The fourth-order valence-corrected chi connectivity index (χ4v) is 4.44. The summed E-state index contributed by atoms with van der Waals surface area (Å²) in [5, 5.41) is 0. The molecule has 1 aromatic heterocycles. The van der Waals surface area contributed by atoms with Gasteiger partial charge in [0.2, 0.25) is 5.69 Å². The lowest BCUT2D eigenvalue weighted by molar-refractivity contribution is -0.661. The number of nitrogens with zero attached hydrogens (tertiary/aromatic N) is 1. The van der Waals surface area contributed by atoms with Crippen LogP contribution in [-0.2, 0) is 17.9 Å². The molecule has 26 heavy (non-hydrogen) atoms. The Morgan fingerprint density at radius 3 is 2.31 bits per heavy atom. The summed E-state index contributed by atoms with van der Waals surface area (Å²) in [4.78, 5) is 0. The Hall–Kier alpha value is -1.63. The smallest absolute Gasteiger partial charge is 0.201 e. The number of rotatable bonds is 4. The molecular formula is C25H36N+. The summed E-state index contributed by atoms with van der Waals surface area (Å²) in [6, 6.07) is 11.7. The number of pyridine rings is 1. The predicted molar refractivity (Wildman–Crippen MR) is 112 cm³/mol. The largest absolute Gasteiger partial charge is 0.212 e. The van der Waals surface area contributed by atoms with Crippen LogP contribution in [0.2, 0.25) is 0 Å². The molecule has 1 heteroatoms. The number of aromatic nitrogens is 1. The minimum atomic E-state index is 0.241. The number of aryl methyl sites for hydroxylation is 2. The second-order valence-corrected chi connectivity index (χ2v) is 9.30. The third-order valence-electron chi connectivity index (χ3n) is 6.96. The van der Waals surface area contributed by atoms with E-state index in [0.717, 1.165) is 6.42 Å². The van der Waals surface area contributed by atoms with Gasteiger partial charge in [-0.2, -0.15) is 0 Å². The van der Waals surface area contributed by atoms with Gasteiger partial charge in [0.25, 0.3) is 0 Å². The molecule has 1 heterocycles. The molecule has 0 amide bonds. The van der Waals surface area contributed by atoms with Crippen molar-refractivity contribution in [2.75, 3.05) is 0 Å². The van der Waals surface area contributed by atoms with Crippen LogP contribution in [0.15, 0.2) is 36.5 Å². The SMILES string of the molecule is CCC(C)(C)c1ccc(-c2ccc(C3(C)CCCCC3)c[n+]2C)c(C)c1. The van der Waals surface area contributed by atoms with Gasteiger partial charge in [-0.25, -0.2) is 4.57 Å². The molecule has 1 aliphatic carbocycles. The Morgan fingerprint density at radius 1 is 1.04 bits per heavy atom. The molecule has 0 saturated heterocycles.